The number of likely N-dealkylation sites (tertiary alicyclic amines) is 1. The summed E-state index contributed by atoms with van der Waals surface area (Å²) in [6.45, 7) is 6.71. The number of para-hydroxylation sites is 1. The zero-order valence-corrected chi connectivity index (χ0v) is 14.9. The Bertz CT molecular complexity index is 589. The molecule has 2 rings (SSSR count). The van der Waals surface area contributed by atoms with Crippen LogP contribution in [0.25, 0.3) is 0 Å². The monoisotopic (exact) mass is 333 g/mol. The van der Waals surface area contributed by atoms with Gasteiger partial charge in [0, 0.05) is 32.2 Å². The van der Waals surface area contributed by atoms with Crippen molar-refractivity contribution in [3.8, 4) is 5.75 Å². The number of esters is 1. The molecule has 132 valence electrons. The summed E-state index contributed by atoms with van der Waals surface area (Å²) >= 11 is 0. The second-order valence-electron chi connectivity index (χ2n) is 5.95. The van der Waals surface area contributed by atoms with E-state index in [1.165, 1.54) is 7.11 Å². The maximum atomic E-state index is 11.9. The van der Waals surface area contributed by atoms with Gasteiger partial charge in [-0.15, -0.1) is 0 Å². The van der Waals surface area contributed by atoms with Crippen LogP contribution in [0.4, 0.5) is 0 Å². The molecule has 2 unspecified atom stereocenters. The van der Waals surface area contributed by atoms with Crippen molar-refractivity contribution >= 4 is 11.9 Å². The highest BCUT2D eigenvalue weighted by atomic mass is 16.5. The maximum absolute atomic E-state index is 11.9. The summed E-state index contributed by atoms with van der Waals surface area (Å²) in [6.07, 6.45) is 0. The Morgan fingerprint density at radius 3 is 2.79 bits per heavy atom. The van der Waals surface area contributed by atoms with Crippen LogP contribution in [0.5, 0.6) is 5.75 Å². The van der Waals surface area contributed by atoms with E-state index in [0.29, 0.717) is 19.7 Å². The van der Waals surface area contributed by atoms with Gasteiger partial charge in [-0.3, -0.25) is 9.79 Å². The molecule has 6 nitrogen and oxygen atoms in total. The molecule has 1 saturated heterocycles. The topological polar surface area (TPSA) is 63.2 Å². The van der Waals surface area contributed by atoms with Crippen molar-refractivity contribution in [3.63, 3.8) is 0 Å². The Kier molecular flexibility index (Phi) is 6.46. The average molecular weight is 333 g/mol. The van der Waals surface area contributed by atoms with Crippen LogP contribution in [-0.2, 0) is 16.1 Å². The van der Waals surface area contributed by atoms with E-state index in [9.17, 15) is 4.79 Å². The zero-order chi connectivity index (χ0) is 17.5. The Hall–Kier alpha value is -2.24. The molecule has 0 saturated carbocycles. The highest BCUT2D eigenvalue weighted by Gasteiger charge is 2.36. The molecule has 1 N–H and O–H groups in total. The predicted octanol–water partition coefficient (Wildman–Crippen LogP) is 1.90. The van der Waals surface area contributed by atoms with Crippen LogP contribution in [0.3, 0.4) is 0 Å². The first kappa shape index (κ1) is 18.1. The molecule has 1 aromatic carbocycles. The van der Waals surface area contributed by atoms with E-state index in [1.54, 1.807) is 7.05 Å². The Morgan fingerprint density at radius 2 is 2.12 bits per heavy atom. The van der Waals surface area contributed by atoms with Crippen molar-refractivity contribution in [2.24, 2.45) is 16.8 Å². The number of carbonyl (C=O) groups excluding carboxylic acids is 1. The highest BCUT2D eigenvalue weighted by Crippen LogP contribution is 2.24. The molecular formula is C18H27N3O3. The summed E-state index contributed by atoms with van der Waals surface area (Å²) in [5, 5.41) is 3.37. The van der Waals surface area contributed by atoms with Crippen molar-refractivity contribution in [2.75, 3.05) is 33.9 Å². The molecule has 0 aromatic heterocycles. The summed E-state index contributed by atoms with van der Waals surface area (Å²) in [7, 11) is 3.20. The number of benzene rings is 1. The summed E-state index contributed by atoms with van der Waals surface area (Å²) in [6, 6.07) is 7.96. The number of rotatable bonds is 5. The van der Waals surface area contributed by atoms with Gasteiger partial charge in [0.25, 0.3) is 0 Å². The van der Waals surface area contributed by atoms with Gasteiger partial charge in [-0.2, -0.15) is 0 Å². The molecule has 1 fully saturated rings. The number of ether oxygens (including phenoxy) is 2. The van der Waals surface area contributed by atoms with Gasteiger partial charge in [0.1, 0.15) is 5.75 Å². The van der Waals surface area contributed by atoms with Gasteiger partial charge in [0.15, 0.2) is 5.96 Å². The minimum absolute atomic E-state index is 0.107. The number of nitrogens with one attached hydrogen (secondary N) is 1. The quantitative estimate of drug-likeness (QED) is 0.507. The maximum Gasteiger partial charge on any atom is 0.310 e. The summed E-state index contributed by atoms with van der Waals surface area (Å²) in [5.41, 5.74) is 1.08. The lowest BCUT2D eigenvalue weighted by atomic mass is 9.99. The lowest BCUT2D eigenvalue weighted by Gasteiger charge is -2.22. The second kappa shape index (κ2) is 8.57. The third kappa shape index (κ3) is 4.19. The van der Waals surface area contributed by atoms with E-state index >= 15 is 0 Å². The van der Waals surface area contributed by atoms with Gasteiger partial charge >= 0.3 is 5.97 Å². The Morgan fingerprint density at radius 1 is 1.38 bits per heavy atom. The average Bonchev–Trinajstić information content (AvgIpc) is 2.98. The predicted molar refractivity (Wildman–Crippen MR) is 94.1 cm³/mol. The number of nitrogens with zero attached hydrogens (tertiary/aromatic N) is 2. The van der Waals surface area contributed by atoms with Crippen molar-refractivity contribution in [1.82, 2.24) is 10.2 Å². The zero-order valence-electron chi connectivity index (χ0n) is 14.9. The fraction of sp³-hybridized carbons (Fsp3) is 0.556. The third-order valence-electron chi connectivity index (χ3n) is 4.34. The number of carbonyl (C=O) groups is 1. The van der Waals surface area contributed by atoms with E-state index in [4.69, 9.17) is 9.47 Å². The lowest BCUT2D eigenvalue weighted by Crippen LogP contribution is -2.40. The molecule has 2 atom stereocenters. The molecule has 1 aromatic rings. The molecule has 0 aliphatic carbocycles. The van der Waals surface area contributed by atoms with Gasteiger partial charge in [-0.1, -0.05) is 25.1 Å². The van der Waals surface area contributed by atoms with Crippen LogP contribution in [-0.4, -0.2) is 50.7 Å². The largest absolute Gasteiger partial charge is 0.494 e. The Labute approximate surface area is 143 Å². The molecule has 0 amide bonds. The van der Waals surface area contributed by atoms with Gasteiger partial charge in [0.05, 0.1) is 19.6 Å². The van der Waals surface area contributed by atoms with Crippen molar-refractivity contribution in [2.45, 2.75) is 20.4 Å². The van der Waals surface area contributed by atoms with E-state index in [2.05, 4.69) is 22.1 Å². The molecule has 0 spiro atoms. The van der Waals surface area contributed by atoms with E-state index in [-0.39, 0.29) is 17.8 Å². The summed E-state index contributed by atoms with van der Waals surface area (Å²) in [5.74, 6) is 1.66. The second-order valence-corrected chi connectivity index (χ2v) is 5.95. The molecular weight excluding hydrogens is 306 g/mol. The van der Waals surface area contributed by atoms with E-state index in [0.717, 1.165) is 23.8 Å². The van der Waals surface area contributed by atoms with Crippen molar-refractivity contribution in [1.29, 1.82) is 0 Å². The summed E-state index contributed by atoms with van der Waals surface area (Å²) < 4.78 is 10.5. The SMILES string of the molecule is CCOc1ccccc1CNC(=NC)N1CC(C)C(C(=O)OC)C1. The molecule has 0 radical (unpaired) electrons. The number of aliphatic imine (C=N–C) groups is 1. The van der Waals surface area contributed by atoms with Crippen LogP contribution >= 0.6 is 0 Å². The molecule has 24 heavy (non-hydrogen) atoms. The fourth-order valence-corrected chi connectivity index (χ4v) is 3.05. The number of hydrogen-bond acceptors (Lipinski definition) is 4. The number of hydrogen-bond donors (Lipinski definition) is 1. The summed E-state index contributed by atoms with van der Waals surface area (Å²) in [4.78, 5) is 18.3. The minimum Gasteiger partial charge on any atom is -0.494 e. The van der Waals surface area contributed by atoms with E-state index in [1.807, 2.05) is 31.2 Å². The van der Waals surface area contributed by atoms with Crippen molar-refractivity contribution < 1.29 is 14.3 Å². The molecule has 1 heterocycles. The van der Waals surface area contributed by atoms with Crippen molar-refractivity contribution in [3.05, 3.63) is 29.8 Å². The fourth-order valence-electron chi connectivity index (χ4n) is 3.05. The van der Waals surface area contributed by atoms with Crippen LogP contribution in [0.1, 0.15) is 19.4 Å². The standard InChI is InChI=1S/C18H27N3O3/c1-5-24-16-9-7-6-8-14(16)10-20-18(19-3)21-11-13(2)15(12-21)17(22)23-4/h6-9,13,15H,5,10-12H2,1-4H3,(H,19,20). The lowest BCUT2D eigenvalue weighted by molar-refractivity contribution is -0.145. The first-order chi connectivity index (χ1) is 11.6. The van der Waals surface area contributed by atoms with Crippen LogP contribution in [0.2, 0.25) is 0 Å². The number of methoxy groups -OCH3 is 1. The molecule has 6 heteroatoms. The number of guanidine groups is 1. The smallest absolute Gasteiger partial charge is 0.310 e. The highest BCUT2D eigenvalue weighted by molar-refractivity contribution is 5.82. The minimum atomic E-state index is -0.151. The normalized spacial score (nSPS) is 20.8. The molecule has 1 aliphatic heterocycles. The first-order valence-corrected chi connectivity index (χ1v) is 8.34. The van der Waals surface area contributed by atoms with Crippen LogP contribution < -0.4 is 10.1 Å². The molecule has 1 aliphatic rings. The van der Waals surface area contributed by atoms with Gasteiger partial charge in [-0.05, 0) is 18.9 Å². The van der Waals surface area contributed by atoms with Gasteiger partial charge < -0.3 is 19.7 Å². The first-order valence-electron chi connectivity index (χ1n) is 8.34. The van der Waals surface area contributed by atoms with Crippen LogP contribution in [0.15, 0.2) is 29.3 Å². The molecule has 0 bridgehead atoms. The van der Waals surface area contributed by atoms with Gasteiger partial charge in [-0.25, -0.2) is 0 Å². The van der Waals surface area contributed by atoms with Crippen LogP contribution in [0, 0.1) is 11.8 Å². The third-order valence-corrected chi connectivity index (χ3v) is 4.34. The van der Waals surface area contributed by atoms with Gasteiger partial charge in [0.2, 0.25) is 0 Å². The Balaban J connectivity index is 2.00. The van der Waals surface area contributed by atoms with E-state index < -0.39 is 0 Å².